The number of ether oxygens (including phenoxy) is 2. The Bertz CT molecular complexity index is 1180. The van der Waals surface area contributed by atoms with Crippen LogP contribution in [0.5, 0.6) is 11.5 Å². The molecule has 3 aromatic rings. The van der Waals surface area contributed by atoms with Crippen molar-refractivity contribution in [1.29, 1.82) is 0 Å². The molecule has 166 valence electrons. The molecule has 1 aromatic heterocycles. The first-order chi connectivity index (χ1) is 15.4. The number of benzene rings is 2. The Morgan fingerprint density at radius 2 is 1.81 bits per heavy atom. The predicted octanol–water partition coefficient (Wildman–Crippen LogP) is 3.83. The van der Waals surface area contributed by atoms with Gasteiger partial charge in [0.2, 0.25) is 0 Å². The number of rotatable bonds is 5. The number of aromatic nitrogens is 2. The summed E-state index contributed by atoms with van der Waals surface area (Å²) >= 11 is 5.96. The van der Waals surface area contributed by atoms with Gasteiger partial charge in [0.1, 0.15) is 0 Å². The summed E-state index contributed by atoms with van der Waals surface area (Å²) in [5.41, 5.74) is 2.45. The molecule has 0 spiro atoms. The molecule has 0 saturated heterocycles. The molecular weight excluding hydrogens is 436 g/mol. The standard InChI is InChI=1S/C22H21ClN4O5/c1-31-18-8-5-14(11-19(18)32-2)24-22(30)26-10-9-17-16(12-26)20(21(28)29)25-27(17)15-6-3-13(23)4-7-15/h3-8,11H,9-10,12H2,1-2H3,(H,24,30)(H,28,29). The molecule has 0 fully saturated rings. The smallest absolute Gasteiger partial charge is 0.356 e. The third-order valence-corrected chi connectivity index (χ3v) is 5.51. The molecule has 32 heavy (non-hydrogen) atoms. The lowest BCUT2D eigenvalue weighted by molar-refractivity contribution is 0.0687. The Morgan fingerprint density at radius 1 is 1.09 bits per heavy atom. The number of amides is 2. The average molecular weight is 457 g/mol. The Labute approximate surface area is 189 Å². The second-order valence-electron chi connectivity index (χ2n) is 7.14. The lowest BCUT2D eigenvalue weighted by atomic mass is 10.1. The fourth-order valence-corrected chi connectivity index (χ4v) is 3.80. The number of halogens is 1. The number of hydrogen-bond acceptors (Lipinski definition) is 5. The topological polar surface area (TPSA) is 106 Å². The molecule has 0 bridgehead atoms. The van der Waals surface area contributed by atoms with Crippen LogP contribution in [0, 0.1) is 0 Å². The summed E-state index contributed by atoms with van der Waals surface area (Å²) in [6.45, 7) is 0.536. The van der Waals surface area contributed by atoms with Crippen molar-refractivity contribution < 1.29 is 24.2 Å². The Hall–Kier alpha value is -3.72. The van der Waals surface area contributed by atoms with Gasteiger partial charge in [-0.25, -0.2) is 14.3 Å². The summed E-state index contributed by atoms with van der Waals surface area (Å²) in [5.74, 6) is -0.103. The quantitative estimate of drug-likeness (QED) is 0.604. The molecule has 9 nitrogen and oxygen atoms in total. The van der Waals surface area contributed by atoms with Crippen molar-refractivity contribution in [2.45, 2.75) is 13.0 Å². The van der Waals surface area contributed by atoms with E-state index in [9.17, 15) is 14.7 Å². The highest BCUT2D eigenvalue weighted by molar-refractivity contribution is 6.30. The number of fused-ring (bicyclic) bond motifs is 1. The SMILES string of the molecule is COc1ccc(NC(=O)N2CCc3c(c(C(=O)O)nn3-c3ccc(Cl)cc3)C2)cc1OC. The van der Waals surface area contributed by atoms with Gasteiger partial charge < -0.3 is 24.8 Å². The number of urea groups is 1. The van der Waals surface area contributed by atoms with Gasteiger partial charge >= 0.3 is 12.0 Å². The largest absolute Gasteiger partial charge is 0.493 e. The third kappa shape index (κ3) is 4.06. The summed E-state index contributed by atoms with van der Waals surface area (Å²) in [6, 6.07) is 11.7. The molecule has 4 rings (SSSR count). The molecule has 2 N–H and O–H groups in total. The lowest BCUT2D eigenvalue weighted by Crippen LogP contribution is -2.39. The van der Waals surface area contributed by atoms with Crippen LogP contribution >= 0.6 is 11.6 Å². The van der Waals surface area contributed by atoms with E-state index in [1.807, 2.05) is 0 Å². The number of nitrogens with zero attached hydrogens (tertiary/aromatic N) is 3. The molecule has 0 atom stereocenters. The van der Waals surface area contributed by atoms with Gasteiger partial charge in [0, 0.05) is 35.3 Å². The number of nitrogens with one attached hydrogen (secondary N) is 1. The van der Waals surface area contributed by atoms with Gasteiger partial charge in [-0.3, -0.25) is 0 Å². The fourth-order valence-electron chi connectivity index (χ4n) is 3.68. The summed E-state index contributed by atoms with van der Waals surface area (Å²) < 4.78 is 12.1. The maximum absolute atomic E-state index is 12.9. The zero-order chi connectivity index (χ0) is 22.8. The molecule has 0 aliphatic carbocycles. The van der Waals surface area contributed by atoms with Crippen LogP contribution in [-0.2, 0) is 13.0 Å². The first-order valence-corrected chi connectivity index (χ1v) is 10.2. The van der Waals surface area contributed by atoms with Crippen molar-refractivity contribution in [3.63, 3.8) is 0 Å². The van der Waals surface area contributed by atoms with Crippen molar-refractivity contribution in [2.75, 3.05) is 26.1 Å². The minimum Gasteiger partial charge on any atom is -0.493 e. The van der Waals surface area contributed by atoms with Crippen molar-refractivity contribution in [1.82, 2.24) is 14.7 Å². The van der Waals surface area contributed by atoms with E-state index in [0.717, 1.165) is 5.69 Å². The van der Waals surface area contributed by atoms with Crippen molar-refractivity contribution in [3.8, 4) is 17.2 Å². The number of carbonyl (C=O) groups is 2. The van der Waals surface area contributed by atoms with E-state index in [0.29, 0.717) is 46.4 Å². The number of anilines is 1. The van der Waals surface area contributed by atoms with E-state index in [4.69, 9.17) is 21.1 Å². The Morgan fingerprint density at radius 3 is 2.47 bits per heavy atom. The van der Waals surface area contributed by atoms with Gasteiger partial charge in [0.15, 0.2) is 17.2 Å². The lowest BCUT2D eigenvalue weighted by Gasteiger charge is -2.28. The molecule has 0 saturated carbocycles. The first kappa shape index (κ1) is 21.5. The summed E-state index contributed by atoms with van der Waals surface area (Å²) in [4.78, 5) is 26.3. The van der Waals surface area contributed by atoms with E-state index in [2.05, 4.69) is 10.4 Å². The zero-order valence-electron chi connectivity index (χ0n) is 17.5. The highest BCUT2D eigenvalue weighted by atomic mass is 35.5. The molecule has 2 amide bonds. The van der Waals surface area contributed by atoms with Crippen LogP contribution in [0.15, 0.2) is 42.5 Å². The van der Waals surface area contributed by atoms with E-state index < -0.39 is 5.97 Å². The highest BCUT2D eigenvalue weighted by Crippen LogP contribution is 2.31. The molecule has 2 heterocycles. The number of carboxylic acid groups (broad SMARTS) is 1. The number of methoxy groups -OCH3 is 2. The van der Waals surface area contributed by atoms with E-state index >= 15 is 0 Å². The third-order valence-electron chi connectivity index (χ3n) is 5.25. The zero-order valence-corrected chi connectivity index (χ0v) is 18.2. The van der Waals surface area contributed by atoms with Crippen LogP contribution < -0.4 is 14.8 Å². The van der Waals surface area contributed by atoms with Crippen LogP contribution in [0.2, 0.25) is 5.02 Å². The Balaban J connectivity index is 1.58. The number of carbonyl (C=O) groups excluding carboxylic acids is 1. The van der Waals surface area contributed by atoms with E-state index in [1.54, 1.807) is 52.0 Å². The highest BCUT2D eigenvalue weighted by Gasteiger charge is 2.30. The second-order valence-corrected chi connectivity index (χ2v) is 7.58. The van der Waals surface area contributed by atoms with Crippen molar-refractivity contribution in [2.24, 2.45) is 0 Å². The fraction of sp³-hybridized carbons (Fsp3) is 0.227. The van der Waals surface area contributed by atoms with Gasteiger partial charge in [-0.05, 0) is 36.4 Å². The summed E-state index contributed by atoms with van der Waals surface area (Å²) in [5, 5.41) is 17.4. The summed E-state index contributed by atoms with van der Waals surface area (Å²) in [7, 11) is 3.05. The molecular formula is C22H21ClN4O5. The number of aromatic carboxylic acids is 1. The maximum Gasteiger partial charge on any atom is 0.356 e. The van der Waals surface area contributed by atoms with Crippen molar-refractivity contribution in [3.05, 3.63) is 64.4 Å². The minimum absolute atomic E-state index is 0.0708. The van der Waals surface area contributed by atoms with Gasteiger partial charge in [-0.15, -0.1) is 0 Å². The normalized spacial score (nSPS) is 12.8. The maximum atomic E-state index is 12.9. The average Bonchev–Trinajstić information content (AvgIpc) is 3.18. The predicted molar refractivity (Wildman–Crippen MR) is 118 cm³/mol. The van der Waals surface area contributed by atoms with E-state index in [-0.39, 0.29) is 18.3 Å². The van der Waals surface area contributed by atoms with Crippen LogP contribution in [0.25, 0.3) is 5.69 Å². The van der Waals surface area contributed by atoms with Crippen LogP contribution in [0.4, 0.5) is 10.5 Å². The Kier molecular flexibility index (Phi) is 5.91. The molecule has 1 aliphatic heterocycles. The van der Waals surface area contributed by atoms with Crippen LogP contribution in [0.1, 0.15) is 21.7 Å². The molecule has 10 heteroatoms. The van der Waals surface area contributed by atoms with Crippen molar-refractivity contribution >= 4 is 29.3 Å². The van der Waals surface area contributed by atoms with E-state index in [1.165, 1.54) is 14.2 Å². The van der Waals surface area contributed by atoms with Gasteiger partial charge in [0.25, 0.3) is 0 Å². The van der Waals surface area contributed by atoms with Gasteiger partial charge in [0.05, 0.1) is 32.1 Å². The van der Waals surface area contributed by atoms with Crippen LogP contribution in [0.3, 0.4) is 0 Å². The van der Waals surface area contributed by atoms with Crippen LogP contribution in [-0.4, -0.2) is 52.6 Å². The van der Waals surface area contributed by atoms with Gasteiger partial charge in [-0.1, -0.05) is 11.6 Å². The first-order valence-electron chi connectivity index (χ1n) is 9.79. The molecule has 0 radical (unpaired) electrons. The van der Waals surface area contributed by atoms with Gasteiger partial charge in [-0.2, -0.15) is 5.10 Å². The minimum atomic E-state index is -1.14. The monoisotopic (exact) mass is 456 g/mol. The molecule has 0 unspecified atom stereocenters. The molecule has 1 aliphatic rings. The second kappa shape index (κ2) is 8.80. The number of hydrogen-bond donors (Lipinski definition) is 2. The summed E-state index contributed by atoms with van der Waals surface area (Å²) in [6.07, 6.45) is 0.456. The number of carboxylic acids is 1. The molecule has 2 aromatic carbocycles.